The zero-order chi connectivity index (χ0) is 10.8. The van der Waals surface area contributed by atoms with Crippen LogP contribution >= 0.6 is 0 Å². The van der Waals surface area contributed by atoms with Crippen molar-refractivity contribution < 1.29 is 4.79 Å². The Morgan fingerprint density at radius 2 is 2.00 bits per heavy atom. The molecule has 0 aromatic heterocycles. The number of amides is 1. The highest BCUT2D eigenvalue weighted by atomic mass is 16.2. The molecule has 0 saturated carbocycles. The quantitative estimate of drug-likeness (QED) is 0.672. The molecule has 15 heavy (non-hydrogen) atoms. The summed E-state index contributed by atoms with van der Waals surface area (Å²) < 4.78 is 0. The van der Waals surface area contributed by atoms with Crippen molar-refractivity contribution in [2.75, 3.05) is 6.54 Å². The van der Waals surface area contributed by atoms with E-state index in [4.69, 9.17) is 0 Å². The number of nitrogens with zero attached hydrogens (tertiary/aromatic N) is 1. The summed E-state index contributed by atoms with van der Waals surface area (Å²) >= 11 is 0. The van der Waals surface area contributed by atoms with Crippen molar-refractivity contribution in [1.82, 2.24) is 4.90 Å². The van der Waals surface area contributed by atoms with Crippen molar-refractivity contribution in [3.8, 4) is 0 Å². The van der Waals surface area contributed by atoms with E-state index in [0.29, 0.717) is 6.54 Å². The van der Waals surface area contributed by atoms with Crippen LogP contribution in [0.5, 0.6) is 0 Å². The Bertz CT molecular complexity index is 392. The highest BCUT2D eigenvalue weighted by molar-refractivity contribution is 5.94. The van der Waals surface area contributed by atoms with Gasteiger partial charge in [0, 0.05) is 18.7 Å². The smallest absolute Gasteiger partial charge is 0.249 e. The second-order valence-corrected chi connectivity index (χ2v) is 4.07. The predicted octanol–water partition coefficient (Wildman–Crippen LogP) is 2.28. The molecule has 0 radical (unpaired) electrons. The molecule has 1 amide bonds. The minimum Gasteiger partial charge on any atom is -0.334 e. The predicted molar refractivity (Wildman–Crippen MR) is 60.4 cm³/mol. The van der Waals surface area contributed by atoms with E-state index >= 15 is 0 Å². The Morgan fingerprint density at radius 1 is 1.33 bits per heavy atom. The first-order chi connectivity index (χ1) is 7.16. The van der Waals surface area contributed by atoms with E-state index in [-0.39, 0.29) is 5.91 Å². The Balaban J connectivity index is 2.06. The summed E-state index contributed by atoms with van der Waals surface area (Å²) in [7, 11) is 0. The summed E-state index contributed by atoms with van der Waals surface area (Å²) in [6.07, 6.45) is 0.810. The maximum absolute atomic E-state index is 11.6. The number of likely N-dealkylation sites (tertiary alicyclic amines) is 1. The van der Waals surface area contributed by atoms with Gasteiger partial charge in [-0.3, -0.25) is 4.79 Å². The molecule has 1 heterocycles. The van der Waals surface area contributed by atoms with Gasteiger partial charge in [-0.25, -0.2) is 0 Å². The third-order valence-corrected chi connectivity index (χ3v) is 2.77. The van der Waals surface area contributed by atoms with Crippen molar-refractivity contribution in [3.63, 3.8) is 0 Å². The fourth-order valence-corrected chi connectivity index (χ4v) is 1.77. The Hall–Kier alpha value is -1.57. The molecular weight excluding hydrogens is 186 g/mol. The van der Waals surface area contributed by atoms with Gasteiger partial charge in [0.15, 0.2) is 0 Å². The van der Waals surface area contributed by atoms with Gasteiger partial charge in [-0.1, -0.05) is 36.4 Å². The molecule has 0 unspecified atom stereocenters. The lowest BCUT2D eigenvalue weighted by Crippen LogP contribution is -2.24. The first-order valence-corrected chi connectivity index (χ1v) is 5.19. The zero-order valence-corrected chi connectivity index (χ0v) is 8.99. The summed E-state index contributed by atoms with van der Waals surface area (Å²) in [5.74, 6) is 0.107. The lowest BCUT2D eigenvalue weighted by molar-refractivity contribution is -0.125. The third kappa shape index (κ3) is 2.09. The molecule has 0 bridgehead atoms. The summed E-state index contributed by atoms with van der Waals surface area (Å²) in [6, 6.07) is 8.29. The number of hydrogen-bond donors (Lipinski definition) is 0. The minimum atomic E-state index is 0.107. The largest absolute Gasteiger partial charge is 0.334 e. The number of hydrogen-bond acceptors (Lipinski definition) is 1. The van der Waals surface area contributed by atoms with Crippen LogP contribution in [0.1, 0.15) is 17.5 Å². The summed E-state index contributed by atoms with van der Waals surface area (Å²) in [5.41, 5.74) is 3.17. The fraction of sp³-hybridized carbons (Fsp3) is 0.308. The van der Waals surface area contributed by atoms with Gasteiger partial charge in [0.2, 0.25) is 5.91 Å². The van der Waals surface area contributed by atoms with Crippen molar-refractivity contribution in [1.29, 1.82) is 0 Å². The van der Waals surface area contributed by atoms with E-state index in [9.17, 15) is 4.79 Å². The van der Waals surface area contributed by atoms with Crippen molar-refractivity contribution >= 4 is 5.91 Å². The van der Waals surface area contributed by atoms with Crippen LogP contribution in [-0.2, 0) is 11.3 Å². The van der Waals surface area contributed by atoms with Crippen LogP contribution < -0.4 is 0 Å². The molecule has 1 saturated heterocycles. The summed E-state index contributed by atoms with van der Waals surface area (Å²) in [4.78, 5) is 13.5. The van der Waals surface area contributed by atoms with Crippen LogP contribution in [0.3, 0.4) is 0 Å². The topological polar surface area (TPSA) is 20.3 Å². The molecule has 0 spiro atoms. The first-order valence-electron chi connectivity index (χ1n) is 5.19. The van der Waals surface area contributed by atoms with Crippen LogP contribution in [-0.4, -0.2) is 17.4 Å². The van der Waals surface area contributed by atoms with Gasteiger partial charge in [0.1, 0.15) is 0 Å². The molecule has 2 heteroatoms. The molecule has 1 aromatic carbocycles. The Morgan fingerprint density at radius 3 is 2.53 bits per heavy atom. The highest BCUT2D eigenvalue weighted by Gasteiger charge is 2.23. The van der Waals surface area contributed by atoms with E-state index in [1.54, 1.807) is 0 Å². The van der Waals surface area contributed by atoms with E-state index in [1.165, 1.54) is 11.1 Å². The van der Waals surface area contributed by atoms with Gasteiger partial charge in [0.05, 0.1) is 0 Å². The van der Waals surface area contributed by atoms with Crippen molar-refractivity contribution in [2.45, 2.75) is 19.9 Å². The van der Waals surface area contributed by atoms with Gasteiger partial charge in [-0.15, -0.1) is 0 Å². The average molecular weight is 201 g/mol. The SMILES string of the molecule is C=C1CCN(Cc2ccc(C)cc2)C1=O. The molecule has 0 aliphatic carbocycles. The third-order valence-electron chi connectivity index (χ3n) is 2.77. The van der Waals surface area contributed by atoms with Crippen LogP contribution in [0.4, 0.5) is 0 Å². The second-order valence-electron chi connectivity index (χ2n) is 4.07. The molecule has 1 aromatic rings. The molecule has 78 valence electrons. The number of benzene rings is 1. The minimum absolute atomic E-state index is 0.107. The van der Waals surface area contributed by atoms with Gasteiger partial charge in [0.25, 0.3) is 0 Å². The Labute approximate surface area is 90.2 Å². The molecule has 1 fully saturated rings. The van der Waals surface area contributed by atoms with E-state index in [2.05, 4.69) is 37.8 Å². The van der Waals surface area contributed by atoms with Gasteiger partial charge in [-0.2, -0.15) is 0 Å². The number of aryl methyl sites for hydroxylation is 1. The highest BCUT2D eigenvalue weighted by Crippen LogP contribution is 2.17. The van der Waals surface area contributed by atoms with E-state index in [0.717, 1.165) is 18.5 Å². The van der Waals surface area contributed by atoms with Gasteiger partial charge in [-0.05, 0) is 18.9 Å². The molecular formula is C13H15NO. The summed E-state index contributed by atoms with van der Waals surface area (Å²) in [6.45, 7) is 7.33. The van der Waals surface area contributed by atoms with Gasteiger partial charge >= 0.3 is 0 Å². The Kier molecular flexibility index (Phi) is 2.58. The number of carbonyl (C=O) groups is 1. The molecule has 2 nitrogen and oxygen atoms in total. The van der Waals surface area contributed by atoms with Crippen LogP contribution in [0.2, 0.25) is 0 Å². The normalized spacial score (nSPS) is 16.2. The van der Waals surface area contributed by atoms with Crippen LogP contribution in [0.25, 0.3) is 0 Å². The molecule has 1 aliphatic heterocycles. The monoisotopic (exact) mass is 201 g/mol. The van der Waals surface area contributed by atoms with Crippen molar-refractivity contribution in [3.05, 3.63) is 47.5 Å². The molecule has 2 rings (SSSR count). The van der Waals surface area contributed by atoms with E-state index in [1.807, 2.05) is 4.90 Å². The number of rotatable bonds is 2. The zero-order valence-electron chi connectivity index (χ0n) is 8.99. The van der Waals surface area contributed by atoms with Crippen LogP contribution in [0.15, 0.2) is 36.4 Å². The fourth-order valence-electron chi connectivity index (χ4n) is 1.77. The summed E-state index contributed by atoms with van der Waals surface area (Å²) in [5, 5.41) is 0. The van der Waals surface area contributed by atoms with Crippen LogP contribution in [0, 0.1) is 6.92 Å². The van der Waals surface area contributed by atoms with E-state index < -0.39 is 0 Å². The first kappa shape index (κ1) is 9.97. The molecule has 0 N–H and O–H groups in total. The standard InChI is InChI=1S/C13H15NO/c1-10-3-5-12(6-4-10)9-14-8-7-11(2)13(14)15/h3-6H,2,7-9H2,1H3. The van der Waals surface area contributed by atoms with Crippen molar-refractivity contribution in [2.24, 2.45) is 0 Å². The second kappa shape index (κ2) is 3.89. The lowest BCUT2D eigenvalue weighted by atomic mass is 10.1. The maximum Gasteiger partial charge on any atom is 0.249 e. The van der Waals surface area contributed by atoms with Gasteiger partial charge < -0.3 is 4.90 Å². The number of carbonyl (C=O) groups excluding carboxylic acids is 1. The molecule has 0 atom stereocenters. The molecule has 1 aliphatic rings. The lowest BCUT2D eigenvalue weighted by Gasteiger charge is -2.15. The maximum atomic E-state index is 11.6. The average Bonchev–Trinajstić information content (AvgIpc) is 2.53.